The summed E-state index contributed by atoms with van der Waals surface area (Å²) in [7, 11) is 0. The molecule has 0 aliphatic heterocycles. The Kier molecular flexibility index (Phi) is 3.39. The van der Waals surface area contributed by atoms with Gasteiger partial charge in [0.15, 0.2) is 5.82 Å². The van der Waals surface area contributed by atoms with Gasteiger partial charge in [0.1, 0.15) is 18.2 Å². The monoisotopic (exact) mass is 240 g/mol. The summed E-state index contributed by atoms with van der Waals surface area (Å²) in [6.45, 7) is 2.07. The molecular formula is C13H12N4O. The van der Waals surface area contributed by atoms with E-state index in [1.54, 1.807) is 30.3 Å². The zero-order valence-corrected chi connectivity index (χ0v) is 9.92. The minimum absolute atomic E-state index is 0.223. The third-order valence-electron chi connectivity index (χ3n) is 2.25. The van der Waals surface area contributed by atoms with E-state index in [-0.39, 0.29) is 6.61 Å². The number of anilines is 1. The highest BCUT2D eigenvalue weighted by atomic mass is 16.5. The van der Waals surface area contributed by atoms with E-state index >= 15 is 0 Å². The number of nitrogen functional groups attached to an aromatic ring is 1. The molecule has 0 radical (unpaired) electrons. The smallest absolute Gasteiger partial charge is 0.168 e. The molecule has 90 valence electrons. The third-order valence-corrected chi connectivity index (χ3v) is 2.25. The number of nitriles is 1. The first-order chi connectivity index (χ1) is 8.67. The van der Waals surface area contributed by atoms with Gasteiger partial charge < -0.3 is 10.5 Å². The zero-order valence-electron chi connectivity index (χ0n) is 9.92. The van der Waals surface area contributed by atoms with Crippen LogP contribution in [-0.2, 0) is 6.61 Å². The van der Waals surface area contributed by atoms with Gasteiger partial charge >= 0.3 is 0 Å². The van der Waals surface area contributed by atoms with Crippen molar-refractivity contribution in [2.75, 3.05) is 5.73 Å². The van der Waals surface area contributed by atoms with Gasteiger partial charge in [0.25, 0.3) is 0 Å². The van der Waals surface area contributed by atoms with Gasteiger partial charge in [-0.2, -0.15) is 5.26 Å². The standard InChI is InChI=1S/C13H12N4O/c1-9-5-12(15)17-13(16-9)8-18-11-4-2-3-10(6-11)7-14/h2-6H,8H2,1H3,(H2,15,16,17). The topological polar surface area (TPSA) is 84.8 Å². The highest BCUT2D eigenvalue weighted by molar-refractivity contribution is 5.36. The van der Waals surface area contributed by atoms with Crippen LogP contribution in [-0.4, -0.2) is 9.97 Å². The molecule has 0 unspecified atom stereocenters. The molecule has 0 amide bonds. The summed E-state index contributed by atoms with van der Waals surface area (Å²) < 4.78 is 5.51. The van der Waals surface area contributed by atoms with E-state index < -0.39 is 0 Å². The zero-order chi connectivity index (χ0) is 13.0. The van der Waals surface area contributed by atoms with Crippen LogP contribution in [0.1, 0.15) is 17.1 Å². The van der Waals surface area contributed by atoms with Crippen molar-refractivity contribution in [3.8, 4) is 11.8 Å². The lowest BCUT2D eigenvalue weighted by atomic mass is 10.2. The fourth-order valence-corrected chi connectivity index (χ4v) is 1.52. The Balaban J connectivity index is 2.09. The molecule has 5 heteroatoms. The first kappa shape index (κ1) is 11.9. The Bertz CT molecular complexity index is 584. The molecule has 1 aromatic heterocycles. The number of rotatable bonds is 3. The number of hydrogen-bond acceptors (Lipinski definition) is 5. The van der Waals surface area contributed by atoms with Crippen LogP contribution in [0.3, 0.4) is 0 Å². The van der Waals surface area contributed by atoms with Crippen LogP contribution in [0, 0.1) is 18.3 Å². The van der Waals surface area contributed by atoms with Gasteiger partial charge in [0.2, 0.25) is 0 Å². The van der Waals surface area contributed by atoms with Crippen molar-refractivity contribution in [1.29, 1.82) is 5.26 Å². The maximum atomic E-state index is 8.77. The van der Waals surface area contributed by atoms with Crippen molar-refractivity contribution in [1.82, 2.24) is 9.97 Å². The summed E-state index contributed by atoms with van der Waals surface area (Å²) in [4.78, 5) is 8.28. The number of benzene rings is 1. The molecule has 0 saturated heterocycles. The molecule has 2 rings (SSSR count). The highest BCUT2D eigenvalue weighted by Crippen LogP contribution is 2.14. The van der Waals surface area contributed by atoms with Crippen molar-refractivity contribution < 1.29 is 4.74 Å². The molecule has 0 atom stereocenters. The molecular weight excluding hydrogens is 228 g/mol. The summed E-state index contributed by atoms with van der Waals surface area (Å²) in [6, 6.07) is 10.7. The van der Waals surface area contributed by atoms with E-state index in [1.165, 1.54) is 0 Å². The molecule has 1 aromatic carbocycles. The fourth-order valence-electron chi connectivity index (χ4n) is 1.52. The van der Waals surface area contributed by atoms with Crippen LogP contribution < -0.4 is 10.5 Å². The largest absolute Gasteiger partial charge is 0.486 e. The summed E-state index contributed by atoms with van der Waals surface area (Å²) in [5.74, 6) is 1.56. The van der Waals surface area contributed by atoms with Gasteiger partial charge in [0, 0.05) is 11.8 Å². The molecule has 0 aliphatic rings. The van der Waals surface area contributed by atoms with E-state index in [9.17, 15) is 0 Å². The molecule has 18 heavy (non-hydrogen) atoms. The molecule has 2 N–H and O–H groups in total. The van der Waals surface area contributed by atoms with Gasteiger partial charge in [-0.3, -0.25) is 0 Å². The Morgan fingerprint density at radius 1 is 1.33 bits per heavy atom. The van der Waals surface area contributed by atoms with Gasteiger partial charge in [-0.25, -0.2) is 9.97 Å². The normalized spacial score (nSPS) is 9.78. The van der Waals surface area contributed by atoms with Gasteiger partial charge in [0.05, 0.1) is 11.6 Å². The van der Waals surface area contributed by atoms with Crippen LogP contribution in [0.5, 0.6) is 5.75 Å². The number of aromatic nitrogens is 2. The van der Waals surface area contributed by atoms with Gasteiger partial charge in [-0.15, -0.1) is 0 Å². The van der Waals surface area contributed by atoms with E-state index in [4.69, 9.17) is 15.7 Å². The van der Waals surface area contributed by atoms with Crippen molar-refractivity contribution >= 4 is 5.82 Å². The quantitative estimate of drug-likeness (QED) is 0.884. The van der Waals surface area contributed by atoms with Crippen LogP contribution in [0.2, 0.25) is 0 Å². The molecule has 5 nitrogen and oxygen atoms in total. The maximum absolute atomic E-state index is 8.77. The van der Waals surface area contributed by atoms with Crippen LogP contribution in [0.25, 0.3) is 0 Å². The van der Waals surface area contributed by atoms with Gasteiger partial charge in [-0.05, 0) is 25.1 Å². The molecule has 0 bridgehead atoms. The number of hydrogen-bond donors (Lipinski definition) is 1. The predicted molar refractivity (Wildman–Crippen MR) is 66.7 cm³/mol. The third kappa shape index (κ3) is 2.95. The number of aryl methyl sites for hydroxylation is 1. The van der Waals surface area contributed by atoms with Crippen LogP contribution in [0.15, 0.2) is 30.3 Å². The van der Waals surface area contributed by atoms with E-state index in [0.29, 0.717) is 23.0 Å². The molecule has 1 heterocycles. The summed E-state index contributed by atoms with van der Waals surface area (Å²) >= 11 is 0. The second-order valence-corrected chi connectivity index (χ2v) is 3.78. The SMILES string of the molecule is Cc1cc(N)nc(COc2cccc(C#N)c2)n1. The van der Waals surface area contributed by atoms with Crippen molar-refractivity contribution in [3.63, 3.8) is 0 Å². The summed E-state index contributed by atoms with van der Waals surface area (Å²) in [5, 5.41) is 8.77. The van der Waals surface area contributed by atoms with E-state index in [2.05, 4.69) is 16.0 Å². The predicted octanol–water partition coefficient (Wildman–Crippen LogP) is 1.82. The van der Waals surface area contributed by atoms with E-state index in [0.717, 1.165) is 5.69 Å². The maximum Gasteiger partial charge on any atom is 0.168 e. The van der Waals surface area contributed by atoms with Crippen molar-refractivity contribution in [2.24, 2.45) is 0 Å². The fraction of sp³-hybridized carbons (Fsp3) is 0.154. The number of nitrogens with zero attached hydrogens (tertiary/aromatic N) is 3. The molecule has 0 aliphatic carbocycles. The average Bonchev–Trinajstić information content (AvgIpc) is 2.35. The van der Waals surface area contributed by atoms with Crippen LogP contribution >= 0.6 is 0 Å². The Hall–Kier alpha value is -2.61. The Labute approximate surface area is 105 Å². The lowest BCUT2D eigenvalue weighted by molar-refractivity contribution is 0.295. The Morgan fingerprint density at radius 3 is 2.89 bits per heavy atom. The minimum Gasteiger partial charge on any atom is -0.486 e. The Morgan fingerprint density at radius 2 is 2.17 bits per heavy atom. The second kappa shape index (κ2) is 5.15. The lowest BCUT2D eigenvalue weighted by Gasteiger charge is -2.06. The lowest BCUT2D eigenvalue weighted by Crippen LogP contribution is -2.05. The average molecular weight is 240 g/mol. The van der Waals surface area contributed by atoms with Crippen molar-refractivity contribution in [3.05, 3.63) is 47.4 Å². The first-order valence-corrected chi connectivity index (χ1v) is 5.40. The van der Waals surface area contributed by atoms with E-state index in [1.807, 2.05) is 6.92 Å². The number of nitrogens with two attached hydrogens (primary N) is 1. The molecule has 0 saturated carbocycles. The molecule has 0 spiro atoms. The van der Waals surface area contributed by atoms with Crippen LogP contribution in [0.4, 0.5) is 5.82 Å². The second-order valence-electron chi connectivity index (χ2n) is 3.78. The summed E-state index contributed by atoms with van der Waals surface area (Å²) in [6.07, 6.45) is 0. The molecule has 0 fully saturated rings. The molecule has 2 aromatic rings. The minimum atomic E-state index is 0.223. The summed E-state index contributed by atoms with van der Waals surface area (Å²) in [5.41, 5.74) is 6.98. The number of ether oxygens (including phenoxy) is 1. The highest BCUT2D eigenvalue weighted by Gasteiger charge is 2.02. The van der Waals surface area contributed by atoms with Gasteiger partial charge in [-0.1, -0.05) is 6.07 Å². The van der Waals surface area contributed by atoms with Crippen molar-refractivity contribution in [2.45, 2.75) is 13.5 Å². The first-order valence-electron chi connectivity index (χ1n) is 5.40.